The quantitative estimate of drug-likeness (QED) is 0.671. The highest BCUT2D eigenvalue weighted by atomic mass is 16.6. The molecule has 0 heterocycles. The Morgan fingerprint density at radius 3 is 2.24 bits per heavy atom. The molecule has 0 bridgehead atoms. The molecule has 108 valence electrons. The van der Waals surface area contributed by atoms with Gasteiger partial charge in [0.25, 0.3) is 11.4 Å². The Kier molecular flexibility index (Phi) is 4.13. The Morgan fingerprint density at radius 1 is 1.00 bits per heavy atom. The summed E-state index contributed by atoms with van der Waals surface area (Å²) in [7, 11) is 0. The number of nitro benzene ring substituents is 2. The molecule has 1 N–H and O–H groups in total. The van der Waals surface area contributed by atoms with Crippen LogP contribution in [0.2, 0.25) is 0 Å². The van der Waals surface area contributed by atoms with E-state index in [0.717, 1.165) is 17.3 Å². The molecular weight excluding hydrogens is 274 g/mol. The lowest BCUT2D eigenvalue weighted by atomic mass is 10.1. The predicted octanol–water partition coefficient (Wildman–Crippen LogP) is 3.42. The molecule has 2 aromatic rings. The first kappa shape index (κ1) is 14.4. The fraction of sp³-hybridized carbons (Fsp3) is 0.143. The van der Waals surface area contributed by atoms with Crippen LogP contribution in [0.1, 0.15) is 11.1 Å². The normalized spacial score (nSPS) is 10.1. The van der Waals surface area contributed by atoms with E-state index in [1.165, 1.54) is 12.1 Å². The molecule has 0 aliphatic heterocycles. The lowest BCUT2D eigenvalue weighted by Crippen LogP contribution is -2.04. The molecular formula is C14H13N3O4. The van der Waals surface area contributed by atoms with Gasteiger partial charge in [0, 0.05) is 23.9 Å². The zero-order valence-corrected chi connectivity index (χ0v) is 11.3. The number of non-ortho nitro benzene ring substituents is 1. The molecule has 0 saturated carbocycles. The van der Waals surface area contributed by atoms with Gasteiger partial charge in [-0.05, 0) is 25.1 Å². The first-order chi connectivity index (χ1) is 9.97. The summed E-state index contributed by atoms with van der Waals surface area (Å²) in [6.45, 7) is 2.18. The van der Waals surface area contributed by atoms with Gasteiger partial charge in [0.2, 0.25) is 0 Å². The predicted molar refractivity (Wildman–Crippen MR) is 78.3 cm³/mol. The molecule has 0 atom stereocenters. The zero-order chi connectivity index (χ0) is 15.4. The Morgan fingerprint density at radius 2 is 1.67 bits per heavy atom. The molecule has 0 unspecified atom stereocenters. The van der Waals surface area contributed by atoms with Crippen molar-refractivity contribution in [2.75, 3.05) is 5.32 Å². The third-order valence-corrected chi connectivity index (χ3v) is 3.01. The van der Waals surface area contributed by atoms with Crippen molar-refractivity contribution in [3.8, 4) is 0 Å². The number of nitrogens with zero attached hydrogens (tertiary/aromatic N) is 2. The molecule has 0 aliphatic carbocycles. The van der Waals surface area contributed by atoms with Crippen LogP contribution in [-0.2, 0) is 6.54 Å². The Balaban J connectivity index is 2.21. The van der Waals surface area contributed by atoms with E-state index in [2.05, 4.69) is 5.32 Å². The lowest BCUT2D eigenvalue weighted by Gasteiger charge is -2.07. The van der Waals surface area contributed by atoms with Crippen LogP contribution in [0.4, 0.5) is 17.1 Å². The second kappa shape index (κ2) is 6.00. The summed E-state index contributed by atoms with van der Waals surface area (Å²) in [6, 6.07) is 11.2. The molecule has 2 rings (SSSR count). The Labute approximate surface area is 120 Å². The zero-order valence-electron chi connectivity index (χ0n) is 11.3. The third-order valence-electron chi connectivity index (χ3n) is 3.01. The van der Waals surface area contributed by atoms with Crippen LogP contribution in [0.5, 0.6) is 0 Å². The number of nitro groups is 2. The highest BCUT2D eigenvalue weighted by Gasteiger charge is 2.18. The topological polar surface area (TPSA) is 98.3 Å². The van der Waals surface area contributed by atoms with Gasteiger partial charge in [-0.15, -0.1) is 0 Å². The summed E-state index contributed by atoms with van der Waals surface area (Å²) in [5.74, 6) is 0. The van der Waals surface area contributed by atoms with E-state index in [4.69, 9.17) is 0 Å². The first-order valence-corrected chi connectivity index (χ1v) is 6.19. The van der Waals surface area contributed by atoms with Crippen LogP contribution in [0, 0.1) is 27.2 Å². The second-order valence-electron chi connectivity index (χ2n) is 4.55. The molecule has 0 radical (unpaired) electrons. The summed E-state index contributed by atoms with van der Waals surface area (Å²) < 4.78 is 0. The fourth-order valence-electron chi connectivity index (χ4n) is 1.85. The molecule has 0 aliphatic rings. The molecule has 0 saturated heterocycles. The average Bonchev–Trinajstić information content (AvgIpc) is 2.46. The molecule has 7 nitrogen and oxygen atoms in total. The summed E-state index contributed by atoms with van der Waals surface area (Å²) in [6.07, 6.45) is 0. The minimum atomic E-state index is -0.649. The van der Waals surface area contributed by atoms with Crippen molar-refractivity contribution in [2.45, 2.75) is 13.5 Å². The molecule has 21 heavy (non-hydrogen) atoms. The largest absolute Gasteiger partial charge is 0.381 e. The maximum absolute atomic E-state index is 11.0. The second-order valence-corrected chi connectivity index (χ2v) is 4.55. The lowest BCUT2D eigenvalue weighted by molar-refractivity contribution is -0.394. The first-order valence-electron chi connectivity index (χ1n) is 6.19. The van der Waals surface area contributed by atoms with Crippen molar-refractivity contribution in [2.24, 2.45) is 0 Å². The van der Waals surface area contributed by atoms with E-state index in [1.807, 2.05) is 31.2 Å². The van der Waals surface area contributed by atoms with Crippen LogP contribution in [0.25, 0.3) is 0 Å². The summed E-state index contributed by atoms with van der Waals surface area (Å²) in [4.78, 5) is 20.4. The van der Waals surface area contributed by atoms with Crippen molar-refractivity contribution in [3.05, 3.63) is 73.8 Å². The van der Waals surface area contributed by atoms with E-state index >= 15 is 0 Å². The van der Waals surface area contributed by atoms with Crippen LogP contribution < -0.4 is 5.32 Å². The van der Waals surface area contributed by atoms with Crippen molar-refractivity contribution in [3.63, 3.8) is 0 Å². The van der Waals surface area contributed by atoms with Gasteiger partial charge in [0.05, 0.1) is 15.9 Å². The van der Waals surface area contributed by atoms with Crippen LogP contribution in [-0.4, -0.2) is 9.85 Å². The van der Waals surface area contributed by atoms with Crippen molar-refractivity contribution < 1.29 is 9.85 Å². The monoisotopic (exact) mass is 287 g/mol. The molecule has 7 heteroatoms. The highest BCUT2D eigenvalue weighted by molar-refractivity contribution is 5.52. The van der Waals surface area contributed by atoms with E-state index in [1.54, 1.807) is 0 Å². The molecule has 0 fully saturated rings. The summed E-state index contributed by atoms with van der Waals surface area (Å²) in [5.41, 5.74) is 1.78. The number of rotatable bonds is 5. The number of hydrogen-bond acceptors (Lipinski definition) is 5. The van der Waals surface area contributed by atoms with E-state index in [-0.39, 0.29) is 17.9 Å². The fourth-order valence-corrected chi connectivity index (χ4v) is 1.85. The summed E-state index contributed by atoms with van der Waals surface area (Å²) >= 11 is 0. The van der Waals surface area contributed by atoms with Gasteiger partial charge in [-0.25, -0.2) is 0 Å². The number of benzene rings is 2. The van der Waals surface area contributed by atoms with E-state index < -0.39 is 9.85 Å². The maximum Gasteiger partial charge on any atom is 0.281 e. The van der Waals surface area contributed by atoms with Crippen molar-refractivity contribution in [1.82, 2.24) is 0 Å². The number of aryl methyl sites for hydroxylation is 1. The highest BCUT2D eigenvalue weighted by Crippen LogP contribution is 2.25. The maximum atomic E-state index is 11.0. The van der Waals surface area contributed by atoms with Crippen LogP contribution in [0.15, 0.2) is 42.5 Å². The van der Waals surface area contributed by atoms with Gasteiger partial charge in [-0.2, -0.15) is 0 Å². The number of anilines is 1. The van der Waals surface area contributed by atoms with Gasteiger partial charge in [-0.3, -0.25) is 20.2 Å². The third kappa shape index (κ3) is 3.53. The smallest absolute Gasteiger partial charge is 0.281 e. The van der Waals surface area contributed by atoms with Gasteiger partial charge >= 0.3 is 0 Å². The number of hydrogen-bond donors (Lipinski definition) is 1. The van der Waals surface area contributed by atoms with E-state index in [9.17, 15) is 20.2 Å². The van der Waals surface area contributed by atoms with Crippen molar-refractivity contribution in [1.29, 1.82) is 0 Å². The average molecular weight is 287 g/mol. The van der Waals surface area contributed by atoms with Gasteiger partial charge in [0.15, 0.2) is 0 Å². The molecule has 2 aromatic carbocycles. The summed E-state index contributed by atoms with van der Waals surface area (Å²) in [5, 5.41) is 24.7. The van der Waals surface area contributed by atoms with Crippen LogP contribution >= 0.6 is 0 Å². The molecule has 0 amide bonds. The van der Waals surface area contributed by atoms with Crippen molar-refractivity contribution >= 4 is 17.1 Å². The number of nitrogens with one attached hydrogen (secondary N) is 1. The SMILES string of the molecule is Cc1ccc(NCc2ccc([N+](=O)[O-])cc2[N+](=O)[O-])cc1. The molecule has 0 aromatic heterocycles. The minimum Gasteiger partial charge on any atom is -0.381 e. The van der Waals surface area contributed by atoms with Gasteiger partial charge < -0.3 is 5.32 Å². The van der Waals surface area contributed by atoms with Crippen LogP contribution in [0.3, 0.4) is 0 Å². The standard InChI is InChI=1S/C14H13N3O4/c1-10-2-5-12(6-3-10)15-9-11-4-7-13(16(18)19)8-14(11)17(20)21/h2-8,15H,9H2,1H3. The van der Waals surface area contributed by atoms with Gasteiger partial charge in [0.1, 0.15) is 0 Å². The van der Waals surface area contributed by atoms with E-state index in [0.29, 0.717) is 5.56 Å². The Bertz CT molecular complexity index is 683. The minimum absolute atomic E-state index is 0.220. The van der Waals surface area contributed by atoms with Gasteiger partial charge in [-0.1, -0.05) is 17.7 Å². The Hall–Kier alpha value is -2.96. The molecule has 0 spiro atoms.